The van der Waals surface area contributed by atoms with Crippen molar-refractivity contribution < 1.29 is 13.2 Å². The summed E-state index contributed by atoms with van der Waals surface area (Å²) in [5, 5.41) is 0. The fraction of sp³-hybridized carbons (Fsp3) is 0.148. The van der Waals surface area contributed by atoms with Crippen molar-refractivity contribution in [2.24, 2.45) is 0 Å². The Bertz CT molecular complexity index is 1240. The topological polar surface area (TPSA) is 51.2 Å². The van der Waals surface area contributed by atoms with Crippen LogP contribution in [0.25, 0.3) is 0 Å². The zero-order chi connectivity index (χ0) is 22.4. The van der Waals surface area contributed by atoms with Crippen molar-refractivity contribution in [1.82, 2.24) is 0 Å². The molecule has 0 fully saturated rings. The van der Waals surface area contributed by atoms with Crippen LogP contribution in [0.4, 0.5) is 0 Å². The number of sulfone groups is 1. The van der Waals surface area contributed by atoms with Gasteiger partial charge >= 0.3 is 0 Å². The number of thioether (sulfide) groups is 1. The van der Waals surface area contributed by atoms with Crippen LogP contribution < -0.4 is 0 Å². The molecule has 1 aliphatic carbocycles. The molecule has 0 unspecified atom stereocenters. The third-order valence-electron chi connectivity index (χ3n) is 5.32. The van der Waals surface area contributed by atoms with Gasteiger partial charge in [-0.2, -0.15) is 0 Å². The molecule has 0 amide bonds. The van der Waals surface area contributed by atoms with Crippen molar-refractivity contribution >= 4 is 27.4 Å². The van der Waals surface area contributed by atoms with Gasteiger partial charge in [0.2, 0.25) is 15.6 Å². The van der Waals surface area contributed by atoms with E-state index in [2.05, 4.69) is 6.08 Å². The molecule has 3 aromatic carbocycles. The third kappa shape index (κ3) is 4.95. The molecule has 0 bridgehead atoms. The van der Waals surface area contributed by atoms with E-state index in [1.807, 2.05) is 36.4 Å². The predicted molar refractivity (Wildman–Crippen MR) is 130 cm³/mol. The molecule has 162 valence electrons. The molecule has 0 N–H and O–H groups in total. The van der Waals surface area contributed by atoms with Gasteiger partial charge in [0, 0.05) is 15.4 Å². The first-order chi connectivity index (χ1) is 15.6. The molecule has 3 nitrogen and oxygen atoms in total. The van der Waals surface area contributed by atoms with Gasteiger partial charge in [0.1, 0.15) is 4.91 Å². The fourth-order valence-electron chi connectivity index (χ4n) is 3.69. The van der Waals surface area contributed by atoms with Crippen LogP contribution in [0.1, 0.15) is 36.0 Å². The number of Topliss-reactive ketones (excluding diaryl/α,β-unsaturated/α-hetero) is 1. The number of benzene rings is 3. The molecule has 4 rings (SSSR count). The van der Waals surface area contributed by atoms with Gasteiger partial charge in [-0.15, -0.1) is 0 Å². The maximum atomic E-state index is 13.9. The Labute approximate surface area is 193 Å². The van der Waals surface area contributed by atoms with E-state index < -0.39 is 15.6 Å². The van der Waals surface area contributed by atoms with Gasteiger partial charge in [-0.05, 0) is 55.5 Å². The molecule has 3 aromatic rings. The van der Waals surface area contributed by atoms with Crippen molar-refractivity contribution in [2.45, 2.75) is 35.5 Å². The van der Waals surface area contributed by atoms with Gasteiger partial charge in [-0.3, -0.25) is 4.79 Å². The Hall–Kier alpha value is -2.89. The minimum atomic E-state index is -4.05. The first-order valence-electron chi connectivity index (χ1n) is 10.6. The molecule has 1 aliphatic rings. The summed E-state index contributed by atoms with van der Waals surface area (Å²) in [5.74, 6) is -0.473. The van der Waals surface area contributed by atoms with E-state index in [1.165, 1.54) is 11.8 Å². The molecule has 0 aromatic heterocycles. The van der Waals surface area contributed by atoms with Gasteiger partial charge in [0.15, 0.2) is 0 Å². The van der Waals surface area contributed by atoms with E-state index in [-0.39, 0.29) is 9.80 Å². The Kier molecular flexibility index (Phi) is 7.08. The van der Waals surface area contributed by atoms with Gasteiger partial charge in [0.05, 0.1) is 4.90 Å². The van der Waals surface area contributed by atoms with E-state index in [9.17, 15) is 13.2 Å². The van der Waals surface area contributed by atoms with Crippen LogP contribution in [-0.2, 0) is 9.84 Å². The smallest absolute Gasteiger partial charge is 0.211 e. The molecule has 0 saturated carbocycles. The Morgan fingerprint density at radius 1 is 0.750 bits per heavy atom. The van der Waals surface area contributed by atoms with Crippen LogP contribution in [0.15, 0.2) is 122 Å². The summed E-state index contributed by atoms with van der Waals surface area (Å²) in [4.78, 5) is 15.2. The summed E-state index contributed by atoms with van der Waals surface area (Å²) < 4.78 is 27.8. The normalized spacial score (nSPS) is 14.9. The second-order valence-corrected chi connectivity index (χ2v) is 10.5. The summed E-state index contributed by atoms with van der Waals surface area (Å²) in [7, 11) is -4.05. The van der Waals surface area contributed by atoms with E-state index in [1.54, 1.807) is 54.6 Å². The Balaban J connectivity index is 1.98. The minimum Gasteiger partial charge on any atom is -0.288 e. The molecule has 0 saturated heterocycles. The van der Waals surface area contributed by atoms with Crippen LogP contribution in [-0.4, -0.2) is 14.2 Å². The lowest BCUT2D eigenvalue weighted by Gasteiger charge is -2.20. The summed E-state index contributed by atoms with van der Waals surface area (Å²) in [6.45, 7) is 0. The first-order valence-corrected chi connectivity index (χ1v) is 12.9. The standard InChI is InChI=1S/C27H24O3S2/c28-25(21-13-5-1-6-14-21)27(32(29,30)24-19-11-4-12-20-24)26(22-15-7-2-8-16-22)31-23-17-9-3-10-18-23/h1,3-6,9-15,17-20H,2,7-8,16H2/b27-26+. The minimum absolute atomic E-state index is 0.127. The van der Waals surface area contributed by atoms with Crippen molar-refractivity contribution in [3.63, 3.8) is 0 Å². The van der Waals surface area contributed by atoms with Gasteiger partial charge in [-0.1, -0.05) is 84.6 Å². The average molecular weight is 461 g/mol. The molecular formula is C27H24O3S2. The molecule has 32 heavy (non-hydrogen) atoms. The van der Waals surface area contributed by atoms with E-state index >= 15 is 0 Å². The summed E-state index contributed by atoms with van der Waals surface area (Å²) in [5.41, 5.74) is 1.30. The second-order valence-electron chi connectivity index (χ2n) is 7.56. The van der Waals surface area contributed by atoms with Crippen molar-refractivity contribution in [3.8, 4) is 0 Å². The predicted octanol–water partition coefficient (Wildman–Crippen LogP) is 6.85. The van der Waals surface area contributed by atoms with Crippen molar-refractivity contribution in [2.75, 3.05) is 0 Å². The molecule has 0 aliphatic heterocycles. The van der Waals surface area contributed by atoms with Crippen molar-refractivity contribution in [3.05, 3.63) is 118 Å². The largest absolute Gasteiger partial charge is 0.288 e. The van der Waals surface area contributed by atoms with Crippen LogP contribution in [0.2, 0.25) is 0 Å². The highest BCUT2D eigenvalue weighted by Gasteiger charge is 2.33. The van der Waals surface area contributed by atoms with Gasteiger partial charge in [-0.25, -0.2) is 8.42 Å². The van der Waals surface area contributed by atoms with Crippen LogP contribution in [0.3, 0.4) is 0 Å². The number of allylic oxidation sites excluding steroid dienone is 3. The third-order valence-corrected chi connectivity index (χ3v) is 8.44. The summed E-state index contributed by atoms with van der Waals surface area (Å²) in [6.07, 6.45) is 5.77. The Morgan fingerprint density at radius 2 is 1.34 bits per heavy atom. The molecule has 0 heterocycles. The molecule has 0 atom stereocenters. The van der Waals surface area contributed by atoms with Gasteiger partial charge in [0.25, 0.3) is 0 Å². The zero-order valence-electron chi connectivity index (χ0n) is 17.6. The van der Waals surface area contributed by atoms with Crippen LogP contribution in [0, 0.1) is 0 Å². The van der Waals surface area contributed by atoms with Crippen LogP contribution >= 0.6 is 11.8 Å². The first kappa shape index (κ1) is 22.3. The maximum absolute atomic E-state index is 13.9. The van der Waals surface area contributed by atoms with Crippen LogP contribution in [0.5, 0.6) is 0 Å². The summed E-state index contributed by atoms with van der Waals surface area (Å²) in [6, 6.07) is 26.5. The number of hydrogen-bond acceptors (Lipinski definition) is 4. The Morgan fingerprint density at radius 3 is 1.94 bits per heavy atom. The maximum Gasteiger partial charge on any atom is 0.211 e. The zero-order valence-corrected chi connectivity index (χ0v) is 19.2. The monoisotopic (exact) mass is 460 g/mol. The number of rotatable bonds is 7. The SMILES string of the molecule is O=C(/C(=C(\Sc1ccccc1)C1=CCCCC1)S(=O)(=O)c1ccccc1)c1ccccc1. The fourth-order valence-corrected chi connectivity index (χ4v) is 6.67. The molecule has 0 spiro atoms. The van der Waals surface area contributed by atoms with E-state index in [0.717, 1.165) is 36.2 Å². The van der Waals surface area contributed by atoms with Gasteiger partial charge < -0.3 is 0 Å². The van der Waals surface area contributed by atoms with E-state index in [4.69, 9.17) is 0 Å². The highest BCUT2D eigenvalue weighted by atomic mass is 32.2. The lowest BCUT2D eigenvalue weighted by atomic mass is 9.98. The lowest BCUT2D eigenvalue weighted by molar-refractivity contribution is 0.104. The number of carbonyl (C=O) groups excluding carboxylic acids is 1. The quantitative estimate of drug-likeness (QED) is 0.220. The lowest BCUT2D eigenvalue weighted by Crippen LogP contribution is -2.17. The second kappa shape index (κ2) is 10.2. The number of carbonyl (C=O) groups is 1. The number of ketones is 1. The number of hydrogen-bond donors (Lipinski definition) is 0. The summed E-state index contributed by atoms with van der Waals surface area (Å²) >= 11 is 1.36. The molecular weight excluding hydrogens is 436 g/mol. The van der Waals surface area contributed by atoms with E-state index in [0.29, 0.717) is 10.5 Å². The molecule has 5 heteroatoms. The highest BCUT2D eigenvalue weighted by molar-refractivity contribution is 8.05. The average Bonchev–Trinajstić information content (AvgIpc) is 2.85. The van der Waals surface area contributed by atoms with Crippen molar-refractivity contribution in [1.29, 1.82) is 0 Å². The highest BCUT2D eigenvalue weighted by Crippen LogP contribution is 2.41. The molecule has 0 radical (unpaired) electrons.